The lowest BCUT2D eigenvalue weighted by Crippen LogP contribution is -2.37. The molecule has 0 aliphatic carbocycles. The second kappa shape index (κ2) is 4.41. The first-order chi connectivity index (χ1) is 9.58. The van der Waals surface area contributed by atoms with Gasteiger partial charge in [-0.1, -0.05) is 12.1 Å². The molecule has 1 aromatic carbocycles. The average Bonchev–Trinajstić information content (AvgIpc) is 2.98. The molecular weight excluding hydrogens is 258 g/mol. The van der Waals surface area contributed by atoms with Gasteiger partial charge in [-0.2, -0.15) is 5.10 Å². The third-order valence-corrected chi connectivity index (χ3v) is 3.15. The number of carbonyl (C=O) groups excluding carboxylic acids is 3. The van der Waals surface area contributed by atoms with Crippen LogP contribution in [0.25, 0.3) is 0 Å². The van der Waals surface area contributed by atoms with Crippen molar-refractivity contribution in [1.29, 1.82) is 0 Å². The zero-order valence-electron chi connectivity index (χ0n) is 10.7. The van der Waals surface area contributed by atoms with Gasteiger partial charge in [-0.05, 0) is 25.1 Å². The summed E-state index contributed by atoms with van der Waals surface area (Å²) in [6, 6.07) is 8.22. The Balaban J connectivity index is 1.85. The first-order valence-electron chi connectivity index (χ1n) is 6.08. The Morgan fingerprint density at radius 3 is 2.20 bits per heavy atom. The highest BCUT2D eigenvalue weighted by Crippen LogP contribution is 2.22. The van der Waals surface area contributed by atoms with E-state index in [1.54, 1.807) is 37.3 Å². The summed E-state index contributed by atoms with van der Waals surface area (Å²) in [4.78, 5) is 37.2. The van der Waals surface area contributed by atoms with E-state index in [1.165, 1.54) is 6.20 Å². The van der Waals surface area contributed by atoms with E-state index in [-0.39, 0.29) is 6.54 Å². The van der Waals surface area contributed by atoms with E-state index in [0.29, 0.717) is 16.8 Å². The smallest absolute Gasteiger partial charge is 0.267 e. The van der Waals surface area contributed by atoms with Crippen LogP contribution < -0.4 is 0 Å². The summed E-state index contributed by atoms with van der Waals surface area (Å²) >= 11 is 0. The predicted molar refractivity (Wildman–Crippen MR) is 69.4 cm³/mol. The van der Waals surface area contributed by atoms with Crippen LogP contribution in [0.4, 0.5) is 0 Å². The number of amides is 2. The van der Waals surface area contributed by atoms with Crippen molar-refractivity contribution >= 4 is 17.7 Å². The van der Waals surface area contributed by atoms with E-state index in [9.17, 15) is 14.4 Å². The summed E-state index contributed by atoms with van der Waals surface area (Å²) in [5, 5.41) is 3.97. The minimum atomic E-state index is -0.442. The maximum atomic E-state index is 12.1. The Kier molecular flexibility index (Phi) is 2.71. The van der Waals surface area contributed by atoms with Gasteiger partial charge < -0.3 is 0 Å². The highest BCUT2D eigenvalue weighted by molar-refractivity contribution is 6.22. The molecule has 20 heavy (non-hydrogen) atoms. The number of aryl methyl sites for hydroxylation is 1. The van der Waals surface area contributed by atoms with Crippen LogP contribution in [-0.4, -0.2) is 38.9 Å². The Morgan fingerprint density at radius 2 is 1.70 bits per heavy atom. The van der Waals surface area contributed by atoms with Gasteiger partial charge in [0, 0.05) is 6.20 Å². The van der Waals surface area contributed by atoms with Crippen molar-refractivity contribution in [3.8, 4) is 0 Å². The minimum Gasteiger partial charge on any atom is -0.270 e. The van der Waals surface area contributed by atoms with Gasteiger partial charge in [0.2, 0.25) is 0 Å². The molecule has 2 aromatic rings. The number of rotatable bonds is 2. The molecule has 0 bridgehead atoms. The molecule has 100 valence electrons. The largest absolute Gasteiger partial charge is 0.270 e. The molecule has 0 spiro atoms. The SMILES string of the molecule is Cc1ccn(C(=O)CN2C(=O)c3ccccc3C2=O)n1. The molecule has 3 rings (SSSR count). The second-order valence-corrected chi connectivity index (χ2v) is 4.54. The molecule has 1 aliphatic rings. The molecule has 1 aliphatic heterocycles. The zero-order chi connectivity index (χ0) is 14.3. The molecule has 1 aromatic heterocycles. The Morgan fingerprint density at radius 1 is 1.10 bits per heavy atom. The maximum absolute atomic E-state index is 12.1. The van der Waals surface area contributed by atoms with E-state index >= 15 is 0 Å². The van der Waals surface area contributed by atoms with Crippen molar-refractivity contribution in [3.63, 3.8) is 0 Å². The fraction of sp³-hybridized carbons (Fsp3) is 0.143. The number of carbonyl (C=O) groups is 3. The third kappa shape index (κ3) is 1.82. The summed E-state index contributed by atoms with van der Waals surface area (Å²) in [5.74, 6) is -1.31. The van der Waals surface area contributed by atoms with Gasteiger partial charge in [0.25, 0.3) is 17.7 Å². The first kappa shape index (κ1) is 12.3. The van der Waals surface area contributed by atoms with Crippen LogP contribution in [-0.2, 0) is 0 Å². The van der Waals surface area contributed by atoms with E-state index in [1.807, 2.05) is 0 Å². The number of aromatic nitrogens is 2. The highest BCUT2D eigenvalue weighted by Gasteiger charge is 2.36. The fourth-order valence-corrected chi connectivity index (χ4v) is 2.14. The van der Waals surface area contributed by atoms with Gasteiger partial charge in [-0.15, -0.1) is 0 Å². The molecule has 0 saturated heterocycles. The van der Waals surface area contributed by atoms with Crippen molar-refractivity contribution in [1.82, 2.24) is 14.7 Å². The maximum Gasteiger partial charge on any atom is 0.267 e. The molecule has 0 fully saturated rings. The Labute approximate surface area is 114 Å². The van der Waals surface area contributed by atoms with Gasteiger partial charge >= 0.3 is 0 Å². The molecule has 0 radical (unpaired) electrons. The van der Waals surface area contributed by atoms with Crippen LogP contribution in [0, 0.1) is 6.92 Å². The van der Waals surface area contributed by atoms with Crippen molar-refractivity contribution in [2.75, 3.05) is 6.54 Å². The molecule has 6 nitrogen and oxygen atoms in total. The van der Waals surface area contributed by atoms with Crippen molar-refractivity contribution in [3.05, 3.63) is 53.3 Å². The Hall–Kier alpha value is -2.76. The summed E-state index contributed by atoms with van der Waals surface area (Å²) in [6.45, 7) is 1.44. The standard InChI is InChI=1S/C14H11N3O3/c1-9-6-7-17(15-9)12(18)8-16-13(19)10-4-2-3-5-11(10)14(16)20/h2-7H,8H2,1H3. The molecule has 0 saturated carbocycles. The Bertz CT molecular complexity index is 698. The van der Waals surface area contributed by atoms with Crippen LogP contribution in [0.15, 0.2) is 36.5 Å². The van der Waals surface area contributed by atoms with E-state index in [0.717, 1.165) is 9.58 Å². The van der Waals surface area contributed by atoms with Gasteiger partial charge in [0.05, 0.1) is 16.8 Å². The highest BCUT2D eigenvalue weighted by atomic mass is 16.2. The monoisotopic (exact) mass is 269 g/mol. The van der Waals surface area contributed by atoms with Gasteiger partial charge in [-0.25, -0.2) is 4.68 Å². The minimum absolute atomic E-state index is 0.312. The molecule has 0 unspecified atom stereocenters. The van der Waals surface area contributed by atoms with Crippen LogP contribution in [0.5, 0.6) is 0 Å². The summed E-state index contributed by atoms with van der Waals surface area (Å²) < 4.78 is 1.14. The molecule has 2 amide bonds. The van der Waals surface area contributed by atoms with Gasteiger partial charge in [0.15, 0.2) is 0 Å². The first-order valence-corrected chi connectivity index (χ1v) is 6.08. The molecule has 0 N–H and O–H groups in total. The number of imide groups is 1. The lowest BCUT2D eigenvalue weighted by atomic mass is 10.1. The molecule has 6 heteroatoms. The summed E-state index contributed by atoms with van der Waals surface area (Å²) in [7, 11) is 0. The topological polar surface area (TPSA) is 72.3 Å². The van der Waals surface area contributed by atoms with E-state index < -0.39 is 17.7 Å². The van der Waals surface area contributed by atoms with Crippen LogP contribution >= 0.6 is 0 Å². The van der Waals surface area contributed by atoms with Crippen molar-refractivity contribution < 1.29 is 14.4 Å². The number of hydrogen-bond acceptors (Lipinski definition) is 4. The fourth-order valence-electron chi connectivity index (χ4n) is 2.14. The molecule has 2 heterocycles. The average molecular weight is 269 g/mol. The number of hydrogen-bond donors (Lipinski definition) is 0. The third-order valence-electron chi connectivity index (χ3n) is 3.15. The predicted octanol–water partition coefficient (Wildman–Crippen LogP) is 1.13. The van der Waals surface area contributed by atoms with Crippen molar-refractivity contribution in [2.24, 2.45) is 0 Å². The van der Waals surface area contributed by atoms with Crippen molar-refractivity contribution in [2.45, 2.75) is 6.92 Å². The van der Waals surface area contributed by atoms with Crippen LogP contribution in [0.1, 0.15) is 31.2 Å². The second-order valence-electron chi connectivity index (χ2n) is 4.54. The number of benzene rings is 1. The quantitative estimate of drug-likeness (QED) is 0.766. The van der Waals surface area contributed by atoms with Gasteiger partial charge in [0.1, 0.15) is 6.54 Å². The van der Waals surface area contributed by atoms with Gasteiger partial charge in [-0.3, -0.25) is 19.3 Å². The molecular formula is C14H11N3O3. The zero-order valence-corrected chi connectivity index (χ0v) is 10.7. The summed E-state index contributed by atoms with van der Waals surface area (Å²) in [6.07, 6.45) is 1.51. The number of nitrogens with zero attached hydrogens (tertiary/aromatic N) is 3. The molecule has 0 atom stereocenters. The normalized spacial score (nSPS) is 13.8. The summed E-state index contributed by atoms with van der Waals surface area (Å²) in [5.41, 5.74) is 1.37. The van der Waals surface area contributed by atoms with Crippen LogP contribution in [0.2, 0.25) is 0 Å². The van der Waals surface area contributed by atoms with E-state index in [2.05, 4.69) is 5.10 Å². The lowest BCUT2D eigenvalue weighted by molar-refractivity contribution is 0.0601. The lowest BCUT2D eigenvalue weighted by Gasteiger charge is -2.12. The van der Waals surface area contributed by atoms with Crippen LogP contribution in [0.3, 0.4) is 0 Å². The number of fused-ring (bicyclic) bond motifs is 1. The van der Waals surface area contributed by atoms with E-state index in [4.69, 9.17) is 0 Å².